The van der Waals surface area contributed by atoms with E-state index < -0.39 is 24.0 Å². The third kappa shape index (κ3) is 6.52. The third-order valence-corrected chi connectivity index (χ3v) is 7.12. The number of hydrogen-bond acceptors (Lipinski definition) is 7. The fourth-order valence-electron chi connectivity index (χ4n) is 4.25. The summed E-state index contributed by atoms with van der Waals surface area (Å²) < 4.78 is 5.41. The molecule has 2 heterocycles. The number of benzene rings is 2. The zero-order chi connectivity index (χ0) is 26.4. The SMILES string of the molecule is CCOc1cccc(C(=O)NCC(=O)N2C[C@H](O)C[C@H]2C(=O)NCc2ccc(-c3scnc3C)cc2)c1. The summed E-state index contributed by atoms with van der Waals surface area (Å²) in [6.07, 6.45) is -0.661. The van der Waals surface area contributed by atoms with Crippen LogP contribution in [0.5, 0.6) is 5.75 Å². The lowest BCUT2D eigenvalue weighted by Gasteiger charge is -2.24. The molecule has 194 valence electrons. The molecule has 1 aliphatic heterocycles. The van der Waals surface area contributed by atoms with E-state index >= 15 is 0 Å². The van der Waals surface area contributed by atoms with Crippen molar-refractivity contribution >= 4 is 29.1 Å². The van der Waals surface area contributed by atoms with Crippen molar-refractivity contribution in [2.24, 2.45) is 0 Å². The molecule has 10 heteroatoms. The highest BCUT2D eigenvalue weighted by atomic mass is 32.1. The second-order valence-electron chi connectivity index (χ2n) is 8.78. The maximum absolute atomic E-state index is 12.9. The van der Waals surface area contributed by atoms with Crippen LogP contribution >= 0.6 is 11.3 Å². The number of nitrogens with zero attached hydrogens (tertiary/aromatic N) is 2. The smallest absolute Gasteiger partial charge is 0.251 e. The summed E-state index contributed by atoms with van der Waals surface area (Å²) in [4.78, 5) is 45.0. The van der Waals surface area contributed by atoms with Gasteiger partial charge in [-0.2, -0.15) is 0 Å². The quantitative estimate of drug-likeness (QED) is 0.397. The average Bonchev–Trinajstić information content (AvgIpc) is 3.51. The van der Waals surface area contributed by atoms with Crippen molar-refractivity contribution in [2.45, 2.75) is 39.0 Å². The first-order valence-corrected chi connectivity index (χ1v) is 13.0. The molecular formula is C27H30N4O5S. The Morgan fingerprint density at radius 1 is 1.16 bits per heavy atom. The Bertz CT molecular complexity index is 1260. The molecule has 1 aliphatic rings. The van der Waals surface area contributed by atoms with E-state index in [0.29, 0.717) is 24.5 Å². The molecule has 0 saturated carbocycles. The Morgan fingerprint density at radius 2 is 1.95 bits per heavy atom. The van der Waals surface area contributed by atoms with Crippen LogP contribution in [0.3, 0.4) is 0 Å². The molecule has 4 rings (SSSR count). The van der Waals surface area contributed by atoms with E-state index in [1.807, 2.05) is 43.6 Å². The molecule has 2 atom stereocenters. The highest BCUT2D eigenvalue weighted by Gasteiger charge is 2.38. The molecule has 9 nitrogen and oxygen atoms in total. The summed E-state index contributed by atoms with van der Waals surface area (Å²) in [6, 6.07) is 13.7. The molecule has 3 amide bonds. The summed E-state index contributed by atoms with van der Waals surface area (Å²) >= 11 is 1.58. The number of β-amino-alcohol motifs (C(OH)–C–C–N with tert-alkyl or cyclic N) is 1. The van der Waals surface area contributed by atoms with Crippen LogP contribution < -0.4 is 15.4 Å². The second kappa shape index (κ2) is 12.0. The minimum absolute atomic E-state index is 0.0372. The number of aliphatic hydroxyl groups is 1. The lowest BCUT2D eigenvalue weighted by molar-refractivity contribution is -0.137. The van der Waals surface area contributed by atoms with Gasteiger partial charge < -0.3 is 25.4 Å². The van der Waals surface area contributed by atoms with E-state index in [9.17, 15) is 19.5 Å². The van der Waals surface area contributed by atoms with Gasteiger partial charge >= 0.3 is 0 Å². The maximum Gasteiger partial charge on any atom is 0.251 e. The van der Waals surface area contributed by atoms with Crippen molar-refractivity contribution in [1.82, 2.24) is 20.5 Å². The van der Waals surface area contributed by atoms with E-state index in [1.54, 1.807) is 35.6 Å². The summed E-state index contributed by atoms with van der Waals surface area (Å²) in [5.41, 5.74) is 5.14. The number of carbonyl (C=O) groups excluding carboxylic acids is 3. The molecule has 1 aromatic heterocycles. The first-order valence-electron chi connectivity index (χ1n) is 12.1. The summed E-state index contributed by atoms with van der Waals surface area (Å²) in [6.45, 7) is 4.34. The number of aryl methyl sites for hydroxylation is 1. The van der Waals surface area contributed by atoms with Crippen LogP contribution in [-0.4, -0.2) is 64.6 Å². The van der Waals surface area contributed by atoms with Crippen molar-refractivity contribution in [3.8, 4) is 16.2 Å². The molecule has 3 N–H and O–H groups in total. The Kier molecular flexibility index (Phi) is 8.52. The monoisotopic (exact) mass is 522 g/mol. The predicted molar refractivity (Wildman–Crippen MR) is 140 cm³/mol. The van der Waals surface area contributed by atoms with Crippen LogP contribution in [0, 0.1) is 6.92 Å². The first kappa shape index (κ1) is 26.3. The second-order valence-corrected chi connectivity index (χ2v) is 9.63. The van der Waals surface area contributed by atoms with Gasteiger partial charge in [0, 0.05) is 25.1 Å². The lowest BCUT2D eigenvalue weighted by atomic mass is 10.1. The van der Waals surface area contributed by atoms with Gasteiger partial charge in [0.15, 0.2) is 0 Å². The summed E-state index contributed by atoms with van der Waals surface area (Å²) in [5.74, 6) is -0.639. The number of hydrogen-bond donors (Lipinski definition) is 3. The van der Waals surface area contributed by atoms with Gasteiger partial charge in [-0.1, -0.05) is 30.3 Å². The van der Waals surface area contributed by atoms with Crippen molar-refractivity contribution in [1.29, 1.82) is 0 Å². The molecule has 2 aromatic carbocycles. The number of ether oxygens (including phenoxy) is 1. The van der Waals surface area contributed by atoms with Crippen LogP contribution in [0.2, 0.25) is 0 Å². The number of amides is 3. The van der Waals surface area contributed by atoms with E-state index in [1.165, 1.54) is 4.90 Å². The minimum Gasteiger partial charge on any atom is -0.494 e. The number of thiazole rings is 1. The normalized spacial score (nSPS) is 16.9. The zero-order valence-corrected chi connectivity index (χ0v) is 21.6. The number of aromatic nitrogens is 1. The standard InChI is InChI=1S/C27H30N4O5S/c1-3-36-22-6-4-5-20(11-22)26(34)29-14-24(33)31-15-21(32)12-23(31)27(35)28-13-18-7-9-19(10-8-18)25-17(2)30-16-37-25/h4-11,16,21,23,32H,3,12-15H2,1-2H3,(H,28,35)(H,29,34)/t21-,23+/m1/s1. The Morgan fingerprint density at radius 3 is 2.65 bits per heavy atom. The molecule has 1 saturated heterocycles. The number of likely N-dealkylation sites (tertiary alicyclic amines) is 1. The topological polar surface area (TPSA) is 121 Å². The predicted octanol–water partition coefficient (Wildman–Crippen LogP) is 2.53. The number of carbonyl (C=O) groups is 3. The van der Waals surface area contributed by atoms with E-state index in [2.05, 4.69) is 15.6 Å². The van der Waals surface area contributed by atoms with E-state index in [4.69, 9.17) is 4.74 Å². The maximum atomic E-state index is 12.9. The molecule has 0 radical (unpaired) electrons. The number of nitrogens with one attached hydrogen (secondary N) is 2. The molecule has 1 fully saturated rings. The van der Waals surface area contributed by atoms with Gasteiger partial charge in [0.1, 0.15) is 11.8 Å². The lowest BCUT2D eigenvalue weighted by Crippen LogP contribution is -2.48. The number of aliphatic hydroxyl groups excluding tert-OH is 1. The van der Waals surface area contributed by atoms with Crippen molar-refractivity contribution in [2.75, 3.05) is 19.7 Å². The summed E-state index contributed by atoms with van der Waals surface area (Å²) in [7, 11) is 0. The first-order chi connectivity index (χ1) is 17.9. The van der Waals surface area contributed by atoms with Gasteiger partial charge in [-0.15, -0.1) is 11.3 Å². The molecule has 0 bridgehead atoms. The molecule has 0 spiro atoms. The minimum atomic E-state index is -0.806. The zero-order valence-electron chi connectivity index (χ0n) is 20.8. The molecule has 0 unspecified atom stereocenters. The number of rotatable bonds is 9. The molecular weight excluding hydrogens is 492 g/mol. The van der Waals surface area contributed by atoms with Gasteiger partial charge in [-0.05, 0) is 43.2 Å². The Labute approximate surface area is 219 Å². The van der Waals surface area contributed by atoms with Gasteiger partial charge in [0.2, 0.25) is 11.8 Å². The van der Waals surface area contributed by atoms with Crippen LogP contribution in [-0.2, 0) is 16.1 Å². The van der Waals surface area contributed by atoms with Crippen LogP contribution in [0.25, 0.3) is 10.4 Å². The average molecular weight is 523 g/mol. The highest BCUT2D eigenvalue weighted by molar-refractivity contribution is 7.13. The van der Waals surface area contributed by atoms with Crippen LogP contribution in [0.4, 0.5) is 0 Å². The van der Waals surface area contributed by atoms with Gasteiger partial charge in [-0.3, -0.25) is 14.4 Å². The van der Waals surface area contributed by atoms with Gasteiger partial charge in [0.05, 0.1) is 35.3 Å². The van der Waals surface area contributed by atoms with Crippen molar-refractivity contribution < 1.29 is 24.2 Å². The Balaban J connectivity index is 1.31. The summed E-state index contributed by atoms with van der Waals surface area (Å²) in [5, 5.41) is 15.6. The molecule has 3 aromatic rings. The van der Waals surface area contributed by atoms with E-state index in [-0.39, 0.29) is 25.4 Å². The fourth-order valence-corrected chi connectivity index (χ4v) is 5.06. The molecule has 37 heavy (non-hydrogen) atoms. The van der Waals surface area contributed by atoms with Gasteiger partial charge in [-0.25, -0.2) is 4.98 Å². The largest absolute Gasteiger partial charge is 0.494 e. The van der Waals surface area contributed by atoms with E-state index in [0.717, 1.165) is 21.7 Å². The Hall–Kier alpha value is -3.76. The van der Waals surface area contributed by atoms with Crippen molar-refractivity contribution in [3.05, 3.63) is 70.9 Å². The van der Waals surface area contributed by atoms with Gasteiger partial charge in [0.25, 0.3) is 5.91 Å². The van der Waals surface area contributed by atoms with Crippen molar-refractivity contribution in [3.63, 3.8) is 0 Å². The molecule has 0 aliphatic carbocycles. The van der Waals surface area contributed by atoms with Crippen LogP contribution in [0.1, 0.15) is 35.0 Å². The highest BCUT2D eigenvalue weighted by Crippen LogP contribution is 2.27. The third-order valence-electron chi connectivity index (χ3n) is 6.14. The van der Waals surface area contributed by atoms with Crippen LogP contribution in [0.15, 0.2) is 54.0 Å². The fraction of sp³-hybridized carbons (Fsp3) is 0.333.